The molecule has 0 aromatic heterocycles. The Kier molecular flexibility index (Phi) is 13.6. The second-order valence-electron chi connectivity index (χ2n) is 5.29. The van der Waals surface area contributed by atoms with Crippen molar-refractivity contribution < 1.29 is 36.7 Å². The van der Waals surface area contributed by atoms with E-state index in [0.29, 0.717) is 18.4 Å². The zero-order valence-electron chi connectivity index (χ0n) is 12.8. The van der Waals surface area contributed by atoms with Gasteiger partial charge < -0.3 is 27.1 Å². The molecule has 0 fully saturated rings. The van der Waals surface area contributed by atoms with E-state index in [4.69, 9.17) is 10.2 Å². The van der Waals surface area contributed by atoms with Crippen LogP contribution in [0.5, 0.6) is 0 Å². The van der Waals surface area contributed by atoms with Gasteiger partial charge in [0.15, 0.2) is 0 Å². The molecule has 6 heteroatoms. The fourth-order valence-corrected chi connectivity index (χ4v) is 1.02. The van der Waals surface area contributed by atoms with Gasteiger partial charge in [-0.1, -0.05) is 20.1 Å². The van der Waals surface area contributed by atoms with Crippen molar-refractivity contribution in [1.29, 1.82) is 0 Å². The van der Waals surface area contributed by atoms with E-state index in [1.165, 1.54) is 0 Å². The Hall–Kier alpha value is -1.33. The molecule has 0 rings (SSSR count). The van der Waals surface area contributed by atoms with Crippen molar-refractivity contribution in [1.82, 2.24) is 0 Å². The largest absolute Gasteiger partial charge is 1.00 e. The lowest BCUT2D eigenvalue weighted by atomic mass is 10.1. The summed E-state index contributed by atoms with van der Waals surface area (Å²) in [5.74, 6) is -1.78. The maximum atomic E-state index is 10.4. The number of aliphatic carboxylic acids is 2. The summed E-state index contributed by atoms with van der Waals surface area (Å²) in [5, 5.41) is 16.6. The number of nitrogens with zero attached hydrogens (tertiary/aromatic N) is 1. The Bertz CT molecular complexity index is 346. The monoisotopic (exact) mass is 307 g/mol. The van der Waals surface area contributed by atoms with Crippen LogP contribution < -0.4 is 12.4 Å². The molecule has 118 valence electrons. The SMILES string of the molecule is C=C(CC)C(=O)O.C=C(CCC[N+](C)(C)C)C(=O)O.[Cl-]. The lowest BCUT2D eigenvalue weighted by Crippen LogP contribution is -3.00. The van der Waals surface area contributed by atoms with E-state index in [9.17, 15) is 9.59 Å². The molecule has 5 nitrogen and oxygen atoms in total. The summed E-state index contributed by atoms with van der Waals surface area (Å²) < 4.78 is 0.868. The standard InChI is InChI=1S/C9H17NO2.C5H8O2.ClH/c1-8(9(11)12)6-5-7-10(2,3)4;1-3-4(2)5(6)7;/h1,5-7H2,2-4H3;2-3H2,1H3,(H,6,7);1H. The molecule has 2 N–H and O–H groups in total. The van der Waals surface area contributed by atoms with Gasteiger partial charge in [-0.3, -0.25) is 0 Å². The van der Waals surface area contributed by atoms with E-state index in [-0.39, 0.29) is 18.0 Å². The number of quaternary nitrogens is 1. The fourth-order valence-electron chi connectivity index (χ4n) is 1.02. The molecule has 0 aliphatic heterocycles. The molecule has 0 atom stereocenters. The highest BCUT2D eigenvalue weighted by Crippen LogP contribution is 2.04. The fraction of sp³-hybridized carbons (Fsp3) is 0.571. The molecule has 0 saturated carbocycles. The number of carbonyl (C=O) groups is 2. The molecule has 0 radical (unpaired) electrons. The average Bonchev–Trinajstić information content (AvgIpc) is 2.26. The third-order valence-corrected chi connectivity index (χ3v) is 2.34. The molecule has 0 aliphatic rings. The lowest BCUT2D eigenvalue weighted by molar-refractivity contribution is -0.870. The van der Waals surface area contributed by atoms with Gasteiger partial charge in [-0.2, -0.15) is 0 Å². The predicted molar refractivity (Wildman–Crippen MR) is 76.0 cm³/mol. The quantitative estimate of drug-likeness (QED) is 0.475. The minimum absolute atomic E-state index is 0. The molecule has 0 aromatic rings. The van der Waals surface area contributed by atoms with Gasteiger partial charge in [0.1, 0.15) is 0 Å². The van der Waals surface area contributed by atoms with Gasteiger partial charge in [0.25, 0.3) is 0 Å². The average molecular weight is 308 g/mol. The van der Waals surface area contributed by atoms with Crippen LogP contribution in [0.2, 0.25) is 0 Å². The van der Waals surface area contributed by atoms with Crippen LogP contribution in [0.15, 0.2) is 24.3 Å². The van der Waals surface area contributed by atoms with Gasteiger partial charge in [0.2, 0.25) is 0 Å². The van der Waals surface area contributed by atoms with Crippen LogP contribution in [-0.4, -0.2) is 54.3 Å². The molecule has 0 bridgehead atoms. The Balaban J connectivity index is -0.000000312. The van der Waals surface area contributed by atoms with E-state index in [1.54, 1.807) is 6.92 Å². The van der Waals surface area contributed by atoms with Crippen molar-refractivity contribution in [3.63, 3.8) is 0 Å². The van der Waals surface area contributed by atoms with Gasteiger partial charge in [-0.05, 0) is 12.8 Å². The van der Waals surface area contributed by atoms with Crippen LogP contribution in [0.4, 0.5) is 0 Å². The summed E-state index contributed by atoms with van der Waals surface area (Å²) >= 11 is 0. The van der Waals surface area contributed by atoms with Crippen LogP contribution >= 0.6 is 0 Å². The van der Waals surface area contributed by atoms with Crippen LogP contribution in [0, 0.1) is 0 Å². The normalized spacial score (nSPS) is 9.60. The zero-order valence-corrected chi connectivity index (χ0v) is 13.5. The van der Waals surface area contributed by atoms with Crippen molar-refractivity contribution in [3.8, 4) is 0 Å². The second-order valence-corrected chi connectivity index (χ2v) is 5.29. The highest BCUT2D eigenvalue weighted by Gasteiger charge is 2.08. The Morgan fingerprint density at radius 2 is 1.40 bits per heavy atom. The van der Waals surface area contributed by atoms with Gasteiger partial charge in [-0.15, -0.1) is 0 Å². The van der Waals surface area contributed by atoms with Gasteiger partial charge in [-0.25, -0.2) is 9.59 Å². The summed E-state index contributed by atoms with van der Waals surface area (Å²) in [6.45, 7) is 9.48. The molecule has 0 aliphatic carbocycles. The first-order chi connectivity index (χ1) is 8.51. The molecular weight excluding hydrogens is 282 g/mol. The van der Waals surface area contributed by atoms with E-state index in [0.717, 1.165) is 17.4 Å². The van der Waals surface area contributed by atoms with Crippen molar-refractivity contribution in [2.75, 3.05) is 27.7 Å². The lowest BCUT2D eigenvalue weighted by Gasteiger charge is -2.23. The number of halogens is 1. The summed E-state index contributed by atoms with van der Waals surface area (Å²) in [4.78, 5) is 20.2. The molecule has 20 heavy (non-hydrogen) atoms. The second kappa shape index (κ2) is 11.5. The molecule has 0 spiro atoms. The van der Waals surface area contributed by atoms with E-state index in [2.05, 4.69) is 34.3 Å². The Labute approximate surface area is 127 Å². The van der Waals surface area contributed by atoms with Gasteiger partial charge >= 0.3 is 11.9 Å². The maximum absolute atomic E-state index is 10.4. The summed E-state index contributed by atoms with van der Waals surface area (Å²) in [5.41, 5.74) is 0.573. The first-order valence-corrected chi connectivity index (χ1v) is 6.13. The maximum Gasteiger partial charge on any atom is 0.330 e. The van der Waals surface area contributed by atoms with Crippen molar-refractivity contribution in [3.05, 3.63) is 24.3 Å². The molecular formula is C14H26ClNO4. The van der Waals surface area contributed by atoms with Crippen molar-refractivity contribution in [2.24, 2.45) is 0 Å². The van der Waals surface area contributed by atoms with E-state index < -0.39 is 11.9 Å². The molecule has 0 aromatic carbocycles. The number of carboxylic acids is 2. The number of hydrogen-bond donors (Lipinski definition) is 2. The predicted octanol–water partition coefficient (Wildman–Crippen LogP) is -0.845. The number of hydrogen-bond acceptors (Lipinski definition) is 2. The van der Waals surface area contributed by atoms with Crippen LogP contribution in [0.1, 0.15) is 26.2 Å². The summed E-state index contributed by atoms with van der Waals surface area (Å²) in [6.07, 6.45) is 1.99. The van der Waals surface area contributed by atoms with Crippen LogP contribution in [-0.2, 0) is 9.59 Å². The number of carboxylic acid groups (broad SMARTS) is 2. The van der Waals surface area contributed by atoms with E-state index in [1.807, 2.05) is 0 Å². The first kappa shape index (κ1) is 23.7. The molecule has 0 unspecified atom stereocenters. The zero-order chi connectivity index (χ0) is 15.6. The molecule has 0 amide bonds. The van der Waals surface area contributed by atoms with E-state index >= 15 is 0 Å². The summed E-state index contributed by atoms with van der Waals surface area (Å²) in [7, 11) is 6.26. The third-order valence-electron chi connectivity index (χ3n) is 2.34. The third kappa shape index (κ3) is 16.7. The van der Waals surface area contributed by atoms with Crippen molar-refractivity contribution in [2.45, 2.75) is 26.2 Å². The van der Waals surface area contributed by atoms with Crippen LogP contribution in [0.3, 0.4) is 0 Å². The van der Waals surface area contributed by atoms with Crippen LogP contribution in [0.25, 0.3) is 0 Å². The molecule has 0 heterocycles. The Morgan fingerprint density at radius 1 is 1.00 bits per heavy atom. The minimum atomic E-state index is -0.900. The highest BCUT2D eigenvalue weighted by atomic mass is 35.5. The van der Waals surface area contributed by atoms with Gasteiger partial charge in [0.05, 0.1) is 27.7 Å². The highest BCUT2D eigenvalue weighted by molar-refractivity contribution is 5.85. The summed E-state index contributed by atoms with van der Waals surface area (Å²) in [6, 6.07) is 0. The Morgan fingerprint density at radius 3 is 1.60 bits per heavy atom. The minimum Gasteiger partial charge on any atom is -1.00 e. The molecule has 0 saturated heterocycles. The van der Waals surface area contributed by atoms with Crippen molar-refractivity contribution >= 4 is 11.9 Å². The topological polar surface area (TPSA) is 74.6 Å². The smallest absolute Gasteiger partial charge is 0.330 e. The number of rotatable bonds is 7. The van der Waals surface area contributed by atoms with Gasteiger partial charge in [0, 0.05) is 17.6 Å². The first-order valence-electron chi connectivity index (χ1n) is 6.13.